The topological polar surface area (TPSA) is 118 Å². The average molecular weight is 452 g/mol. The molecule has 1 aromatic heterocycles. The monoisotopic (exact) mass is 451 g/mol. The van der Waals surface area contributed by atoms with Crippen LogP contribution in [0.25, 0.3) is 0 Å². The number of carbonyl (C=O) groups excluding carboxylic acids is 2. The van der Waals surface area contributed by atoms with Gasteiger partial charge in [0.05, 0.1) is 4.92 Å². The molecule has 2 heterocycles. The third-order valence-electron chi connectivity index (χ3n) is 5.45. The number of amides is 2. The fraction of sp³-hybridized carbons (Fsp3) is 0.273. The summed E-state index contributed by atoms with van der Waals surface area (Å²) < 4.78 is 0. The van der Waals surface area contributed by atoms with Crippen molar-refractivity contribution in [2.24, 2.45) is 0 Å². The van der Waals surface area contributed by atoms with E-state index in [0.717, 1.165) is 17.7 Å². The van der Waals surface area contributed by atoms with Gasteiger partial charge in [0.2, 0.25) is 11.0 Å². The van der Waals surface area contributed by atoms with Gasteiger partial charge >= 0.3 is 0 Å². The third-order valence-corrected chi connectivity index (χ3v) is 6.46. The SMILES string of the molecule is CCc1ccccc1N1CC(c2nnc(NC(=O)c3ccc([N+](=O)[O-])c(C)c3)s2)CC1=O. The molecule has 3 aromatic rings. The van der Waals surface area contributed by atoms with Crippen molar-refractivity contribution in [1.82, 2.24) is 10.2 Å². The lowest BCUT2D eigenvalue weighted by Crippen LogP contribution is -2.25. The molecule has 164 valence electrons. The summed E-state index contributed by atoms with van der Waals surface area (Å²) in [5.74, 6) is -0.484. The van der Waals surface area contributed by atoms with Crippen molar-refractivity contribution in [2.45, 2.75) is 32.6 Å². The number of benzene rings is 2. The zero-order valence-electron chi connectivity index (χ0n) is 17.6. The van der Waals surface area contributed by atoms with Gasteiger partial charge in [-0.2, -0.15) is 0 Å². The van der Waals surface area contributed by atoms with Gasteiger partial charge in [-0.3, -0.25) is 25.0 Å². The summed E-state index contributed by atoms with van der Waals surface area (Å²) in [6.45, 7) is 4.15. The number of anilines is 2. The highest BCUT2D eigenvalue weighted by molar-refractivity contribution is 7.15. The van der Waals surface area contributed by atoms with Crippen LogP contribution in [0.1, 0.15) is 45.8 Å². The number of aromatic nitrogens is 2. The van der Waals surface area contributed by atoms with Crippen LogP contribution in [0.5, 0.6) is 0 Å². The van der Waals surface area contributed by atoms with Crippen LogP contribution < -0.4 is 10.2 Å². The van der Waals surface area contributed by atoms with Crippen LogP contribution in [0.4, 0.5) is 16.5 Å². The maximum absolute atomic E-state index is 12.7. The molecule has 0 saturated carbocycles. The third kappa shape index (κ3) is 4.22. The van der Waals surface area contributed by atoms with Crippen LogP contribution in [0.2, 0.25) is 0 Å². The predicted molar refractivity (Wildman–Crippen MR) is 121 cm³/mol. The lowest BCUT2D eigenvalue weighted by molar-refractivity contribution is -0.385. The molecular weight excluding hydrogens is 430 g/mol. The van der Waals surface area contributed by atoms with Crippen LogP contribution in [-0.4, -0.2) is 33.5 Å². The summed E-state index contributed by atoms with van der Waals surface area (Å²) in [7, 11) is 0. The van der Waals surface area contributed by atoms with Gasteiger partial charge in [0.1, 0.15) is 5.01 Å². The first kappa shape index (κ1) is 21.6. The second-order valence-corrected chi connectivity index (χ2v) is 8.55. The zero-order chi connectivity index (χ0) is 22.8. The molecule has 32 heavy (non-hydrogen) atoms. The Balaban J connectivity index is 1.46. The van der Waals surface area contributed by atoms with Crippen molar-refractivity contribution in [2.75, 3.05) is 16.8 Å². The molecule has 2 amide bonds. The molecule has 0 aliphatic carbocycles. The van der Waals surface area contributed by atoms with Crippen LogP contribution in [0.15, 0.2) is 42.5 Å². The molecule has 0 spiro atoms. The summed E-state index contributed by atoms with van der Waals surface area (Å²) in [6.07, 6.45) is 1.17. The molecule has 10 heteroatoms. The number of para-hydroxylation sites is 1. The molecule has 1 N–H and O–H groups in total. The minimum atomic E-state index is -0.487. The Kier molecular flexibility index (Phi) is 5.95. The zero-order valence-corrected chi connectivity index (χ0v) is 18.4. The summed E-state index contributed by atoms with van der Waals surface area (Å²) in [6, 6.07) is 12.0. The van der Waals surface area contributed by atoms with Crippen molar-refractivity contribution < 1.29 is 14.5 Å². The van der Waals surface area contributed by atoms with E-state index in [0.29, 0.717) is 34.2 Å². The van der Waals surface area contributed by atoms with E-state index in [1.165, 1.54) is 29.5 Å². The number of aryl methyl sites for hydroxylation is 2. The molecule has 4 rings (SSSR count). The molecule has 1 fully saturated rings. The standard InChI is InChI=1S/C22H21N5O4S/c1-3-14-6-4-5-7-18(14)26-12-16(11-19(26)28)21-24-25-22(32-21)23-20(29)15-8-9-17(27(30)31)13(2)10-15/h4-10,16H,3,11-12H2,1-2H3,(H,23,25,29). The van der Waals surface area contributed by atoms with Gasteiger partial charge < -0.3 is 4.90 Å². The van der Waals surface area contributed by atoms with Gasteiger partial charge in [0.25, 0.3) is 11.6 Å². The second kappa shape index (κ2) is 8.83. The first-order chi connectivity index (χ1) is 15.4. The lowest BCUT2D eigenvalue weighted by Gasteiger charge is -2.19. The maximum Gasteiger partial charge on any atom is 0.272 e. The number of hydrogen-bond donors (Lipinski definition) is 1. The quantitative estimate of drug-likeness (QED) is 0.445. The highest BCUT2D eigenvalue weighted by atomic mass is 32.1. The number of nitrogens with one attached hydrogen (secondary N) is 1. The van der Waals surface area contributed by atoms with Crippen molar-refractivity contribution in [3.63, 3.8) is 0 Å². The number of rotatable bonds is 6. The van der Waals surface area contributed by atoms with E-state index < -0.39 is 10.8 Å². The molecule has 1 aliphatic rings. The fourth-order valence-corrected chi connectivity index (χ4v) is 4.63. The highest BCUT2D eigenvalue weighted by Crippen LogP contribution is 2.35. The smallest absolute Gasteiger partial charge is 0.272 e. The molecule has 1 saturated heterocycles. The van der Waals surface area contributed by atoms with Gasteiger partial charge in [-0.15, -0.1) is 10.2 Å². The van der Waals surface area contributed by atoms with E-state index in [4.69, 9.17) is 0 Å². The number of nitro groups is 1. The number of carbonyl (C=O) groups is 2. The van der Waals surface area contributed by atoms with Crippen molar-refractivity contribution in [3.05, 3.63) is 74.3 Å². The van der Waals surface area contributed by atoms with Crippen molar-refractivity contribution in [1.29, 1.82) is 0 Å². The first-order valence-corrected chi connectivity index (χ1v) is 11.0. The van der Waals surface area contributed by atoms with Gasteiger partial charge in [-0.25, -0.2) is 0 Å². The minimum Gasteiger partial charge on any atom is -0.311 e. The maximum atomic E-state index is 12.7. The van der Waals surface area contributed by atoms with Crippen LogP contribution >= 0.6 is 11.3 Å². The van der Waals surface area contributed by atoms with Crippen molar-refractivity contribution in [3.8, 4) is 0 Å². The fourth-order valence-electron chi connectivity index (χ4n) is 3.80. The summed E-state index contributed by atoms with van der Waals surface area (Å²) in [5, 5.41) is 22.9. The Morgan fingerprint density at radius 1 is 1.28 bits per heavy atom. The van der Waals surface area contributed by atoms with Crippen LogP contribution in [-0.2, 0) is 11.2 Å². The first-order valence-electron chi connectivity index (χ1n) is 10.2. The van der Waals surface area contributed by atoms with Gasteiger partial charge in [-0.1, -0.05) is 36.5 Å². The predicted octanol–water partition coefficient (Wildman–Crippen LogP) is 4.09. The largest absolute Gasteiger partial charge is 0.311 e. The molecule has 1 unspecified atom stereocenters. The van der Waals surface area contributed by atoms with Gasteiger partial charge in [0, 0.05) is 41.8 Å². The van der Waals surface area contributed by atoms with Crippen molar-refractivity contribution >= 4 is 39.7 Å². The molecule has 9 nitrogen and oxygen atoms in total. The lowest BCUT2D eigenvalue weighted by atomic mass is 10.1. The van der Waals surface area contributed by atoms with E-state index in [1.807, 2.05) is 24.3 Å². The second-order valence-electron chi connectivity index (χ2n) is 7.55. The molecule has 2 aromatic carbocycles. The van der Waals surface area contributed by atoms with E-state index in [9.17, 15) is 19.7 Å². The number of hydrogen-bond acceptors (Lipinski definition) is 7. The molecule has 0 bridgehead atoms. The van der Waals surface area contributed by atoms with E-state index in [2.05, 4.69) is 22.4 Å². The number of nitro benzene ring substituents is 1. The molecule has 1 atom stereocenters. The van der Waals surface area contributed by atoms with E-state index in [1.54, 1.807) is 11.8 Å². The van der Waals surface area contributed by atoms with Crippen LogP contribution in [0, 0.1) is 17.0 Å². The molecule has 0 radical (unpaired) electrons. The Bertz CT molecular complexity index is 1210. The normalized spacial score (nSPS) is 15.8. The Hall–Kier alpha value is -3.66. The Labute approximate surface area is 188 Å². The van der Waals surface area contributed by atoms with Crippen LogP contribution in [0.3, 0.4) is 0 Å². The van der Waals surface area contributed by atoms with Gasteiger partial charge in [-0.05, 0) is 37.1 Å². The highest BCUT2D eigenvalue weighted by Gasteiger charge is 2.34. The Morgan fingerprint density at radius 3 is 2.78 bits per heavy atom. The number of nitrogens with zero attached hydrogens (tertiary/aromatic N) is 4. The average Bonchev–Trinajstić information content (AvgIpc) is 3.39. The summed E-state index contributed by atoms with van der Waals surface area (Å²) in [4.78, 5) is 37.5. The van der Waals surface area contributed by atoms with Gasteiger partial charge in [0.15, 0.2) is 0 Å². The molecular formula is C22H21N5O4S. The summed E-state index contributed by atoms with van der Waals surface area (Å²) >= 11 is 1.23. The molecule has 1 aliphatic heterocycles. The van der Waals surface area contributed by atoms with E-state index in [-0.39, 0.29) is 17.5 Å². The Morgan fingerprint density at radius 2 is 2.06 bits per heavy atom. The van der Waals surface area contributed by atoms with E-state index >= 15 is 0 Å². The minimum absolute atomic E-state index is 0.0399. The summed E-state index contributed by atoms with van der Waals surface area (Å²) in [5.41, 5.74) is 2.69.